The molecule has 2 aromatic rings. The van der Waals surface area contributed by atoms with E-state index in [0.717, 1.165) is 5.56 Å². The normalized spacial score (nSPS) is 16.3. The zero-order chi connectivity index (χ0) is 17.8. The zero-order valence-corrected chi connectivity index (χ0v) is 14.3. The van der Waals surface area contributed by atoms with Crippen molar-refractivity contribution in [1.82, 2.24) is 0 Å². The number of fused-ring (bicyclic) bond motifs is 1. The molecule has 1 amide bonds. The van der Waals surface area contributed by atoms with E-state index in [-0.39, 0.29) is 24.2 Å². The quantitative estimate of drug-likeness (QED) is 0.636. The lowest BCUT2D eigenvalue weighted by molar-refractivity contribution is -0.126. The van der Waals surface area contributed by atoms with Crippen LogP contribution in [0.15, 0.2) is 48.5 Å². The van der Waals surface area contributed by atoms with E-state index in [1.165, 1.54) is 0 Å². The molecule has 1 atom stereocenters. The van der Waals surface area contributed by atoms with Gasteiger partial charge in [0.05, 0.1) is 11.6 Å². The lowest BCUT2D eigenvalue weighted by Crippen LogP contribution is -2.42. The van der Waals surface area contributed by atoms with Crippen LogP contribution in [0.4, 0.5) is 5.69 Å². The third-order valence-electron chi connectivity index (χ3n) is 4.07. The molecule has 2 aromatic carbocycles. The van der Waals surface area contributed by atoms with Gasteiger partial charge < -0.3 is 14.7 Å². The number of ether oxygens (including phenoxy) is 1. The molecule has 3 rings (SSSR count). The summed E-state index contributed by atoms with van der Waals surface area (Å²) < 4.78 is 5.91. The van der Waals surface area contributed by atoms with E-state index in [9.17, 15) is 9.59 Å². The number of anilines is 1. The molecule has 1 N–H and O–H groups in total. The first-order valence-corrected chi connectivity index (χ1v) is 8.56. The van der Waals surface area contributed by atoms with Crippen LogP contribution in [-0.4, -0.2) is 35.8 Å². The third-order valence-corrected chi connectivity index (χ3v) is 4.31. The molecule has 1 aliphatic heterocycles. The maximum atomic E-state index is 13.0. The van der Waals surface area contributed by atoms with Crippen molar-refractivity contribution >= 4 is 29.0 Å². The summed E-state index contributed by atoms with van der Waals surface area (Å²) in [5, 5.41) is 9.15. The Hall–Kier alpha value is -2.37. The molecule has 0 saturated heterocycles. The molecule has 1 aliphatic rings. The van der Waals surface area contributed by atoms with Crippen molar-refractivity contribution in [3.63, 3.8) is 0 Å². The molecule has 0 aromatic heterocycles. The first-order valence-electron chi connectivity index (χ1n) is 8.02. The highest BCUT2D eigenvalue weighted by Gasteiger charge is 2.35. The first-order chi connectivity index (χ1) is 12.2. The Balaban J connectivity index is 2.02. The number of halogens is 1. The van der Waals surface area contributed by atoms with Crippen LogP contribution < -0.4 is 9.64 Å². The number of benzene rings is 2. The van der Waals surface area contributed by atoms with E-state index in [4.69, 9.17) is 21.4 Å². The zero-order valence-electron chi connectivity index (χ0n) is 13.5. The summed E-state index contributed by atoms with van der Waals surface area (Å²) in [6.07, 6.45) is -0.317. The summed E-state index contributed by atoms with van der Waals surface area (Å²) in [5.41, 5.74) is 1.71. The summed E-state index contributed by atoms with van der Waals surface area (Å²) in [6, 6.07) is 14.2. The van der Waals surface area contributed by atoms with Gasteiger partial charge in [-0.2, -0.15) is 0 Å². The molecule has 5 nitrogen and oxygen atoms in total. The van der Waals surface area contributed by atoms with Gasteiger partial charge in [-0.25, -0.2) is 0 Å². The number of carbonyl (C=O) groups excluding carboxylic acids is 2. The van der Waals surface area contributed by atoms with E-state index in [2.05, 4.69) is 0 Å². The van der Waals surface area contributed by atoms with Crippen LogP contribution in [0.2, 0.25) is 0 Å². The molecule has 0 saturated carbocycles. The number of aliphatic hydroxyl groups excluding tert-OH is 1. The summed E-state index contributed by atoms with van der Waals surface area (Å²) >= 11 is 5.63. The lowest BCUT2D eigenvalue weighted by atomic mass is 10.0. The molecular formula is C19H18ClNO4. The summed E-state index contributed by atoms with van der Waals surface area (Å²) in [7, 11) is 0. The standard InChI is InChI=1S/C19H18ClNO4/c20-12-16(23)14-7-8-17-15(11-14)21(9-4-10-22)19(24)18(25-17)13-5-2-1-3-6-13/h1-3,5-8,11,18,22H,4,9-10,12H2. The number of hydrogen-bond acceptors (Lipinski definition) is 4. The maximum Gasteiger partial charge on any atom is 0.272 e. The number of nitrogens with zero attached hydrogens (tertiary/aromatic N) is 1. The molecule has 1 unspecified atom stereocenters. The van der Waals surface area contributed by atoms with Crippen LogP contribution >= 0.6 is 11.6 Å². The van der Waals surface area contributed by atoms with Gasteiger partial charge in [0.25, 0.3) is 5.91 Å². The minimum Gasteiger partial charge on any atom is -0.474 e. The Morgan fingerprint density at radius 2 is 1.96 bits per heavy atom. The molecule has 0 spiro atoms. The van der Waals surface area contributed by atoms with Gasteiger partial charge in [-0.15, -0.1) is 11.6 Å². The minimum absolute atomic E-state index is 0.0315. The highest BCUT2D eigenvalue weighted by molar-refractivity contribution is 6.30. The van der Waals surface area contributed by atoms with Crippen molar-refractivity contribution in [2.24, 2.45) is 0 Å². The molecule has 130 valence electrons. The van der Waals surface area contributed by atoms with Crippen LogP contribution in [0.3, 0.4) is 0 Å². The van der Waals surface area contributed by atoms with E-state index >= 15 is 0 Å². The van der Waals surface area contributed by atoms with Crippen molar-refractivity contribution in [3.05, 3.63) is 59.7 Å². The molecule has 0 fully saturated rings. The van der Waals surface area contributed by atoms with Gasteiger partial charge in [0.2, 0.25) is 6.10 Å². The van der Waals surface area contributed by atoms with E-state index in [0.29, 0.717) is 30.0 Å². The predicted molar refractivity (Wildman–Crippen MR) is 95.4 cm³/mol. The Morgan fingerprint density at radius 3 is 2.64 bits per heavy atom. The minimum atomic E-state index is -0.748. The van der Waals surface area contributed by atoms with Gasteiger partial charge in [0.15, 0.2) is 5.78 Å². The van der Waals surface area contributed by atoms with Crippen LogP contribution in [0, 0.1) is 0 Å². The first kappa shape index (κ1) is 17.5. The smallest absolute Gasteiger partial charge is 0.272 e. The van der Waals surface area contributed by atoms with E-state index in [1.54, 1.807) is 23.1 Å². The third kappa shape index (κ3) is 3.52. The fraction of sp³-hybridized carbons (Fsp3) is 0.263. The highest BCUT2D eigenvalue weighted by Crippen LogP contribution is 2.39. The molecule has 1 heterocycles. The van der Waals surface area contributed by atoms with Gasteiger partial charge in [-0.3, -0.25) is 9.59 Å². The van der Waals surface area contributed by atoms with E-state index < -0.39 is 6.10 Å². The number of Topliss-reactive ketones (excluding diaryl/α,β-unsaturated/α-hetero) is 1. The predicted octanol–water partition coefficient (Wildman–Crippen LogP) is 2.96. The number of hydrogen-bond donors (Lipinski definition) is 1. The molecule has 6 heteroatoms. The van der Waals surface area contributed by atoms with Crippen LogP contribution in [0.5, 0.6) is 5.75 Å². The second kappa shape index (κ2) is 7.68. The highest BCUT2D eigenvalue weighted by atomic mass is 35.5. The van der Waals surface area contributed by atoms with Crippen LogP contribution in [0.25, 0.3) is 0 Å². The van der Waals surface area contributed by atoms with Crippen molar-refractivity contribution in [3.8, 4) is 5.75 Å². The number of carbonyl (C=O) groups is 2. The lowest BCUT2D eigenvalue weighted by Gasteiger charge is -2.34. The summed E-state index contributed by atoms with van der Waals surface area (Å²) in [4.78, 5) is 26.4. The maximum absolute atomic E-state index is 13.0. The number of ketones is 1. The summed E-state index contributed by atoms with van der Waals surface area (Å²) in [6.45, 7) is 0.309. The molecular weight excluding hydrogens is 342 g/mol. The van der Waals surface area contributed by atoms with Crippen LogP contribution in [-0.2, 0) is 4.79 Å². The fourth-order valence-corrected chi connectivity index (χ4v) is 2.97. The number of rotatable bonds is 6. The molecule has 0 bridgehead atoms. The van der Waals surface area contributed by atoms with Crippen molar-refractivity contribution in [2.75, 3.05) is 23.9 Å². The number of alkyl halides is 1. The molecule has 0 aliphatic carbocycles. The largest absolute Gasteiger partial charge is 0.474 e. The second-order valence-corrected chi connectivity index (χ2v) is 5.98. The van der Waals surface area contributed by atoms with Crippen molar-refractivity contribution in [1.29, 1.82) is 0 Å². The molecule has 25 heavy (non-hydrogen) atoms. The SMILES string of the molecule is O=C(CCl)c1ccc2c(c1)N(CCCO)C(=O)C(c1ccccc1)O2. The van der Waals surface area contributed by atoms with Crippen molar-refractivity contribution in [2.45, 2.75) is 12.5 Å². The average Bonchev–Trinajstić information content (AvgIpc) is 2.66. The van der Waals surface area contributed by atoms with Gasteiger partial charge in [-0.05, 0) is 24.6 Å². The second-order valence-electron chi connectivity index (χ2n) is 5.71. The fourth-order valence-electron chi connectivity index (χ4n) is 2.81. The van der Waals surface area contributed by atoms with Gasteiger partial charge in [0.1, 0.15) is 5.75 Å². The monoisotopic (exact) mass is 359 g/mol. The molecule has 0 radical (unpaired) electrons. The van der Waals surface area contributed by atoms with E-state index in [1.807, 2.05) is 30.3 Å². The van der Waals surface area contributed by atoms with Crippen LogP contribution in [0.1, 0.15) is 28.4 Å². The average molecular weight is 360 g/mol. The Morgan fingerprint density at radius 1 is 1.20 bits per heavy atom. The van der Waals surface area contributed by atoms with Crippen molar-refractivity contribution < 1.29 is 19.4 Å². The Labute approximate surface area is 150 Å². The number of aliphatic hydroxyl groups is 1. The van der Waals surface area contributed by atoms with Gasteiger partial charge in [-0.1, -0.05) is 30.3 Å². The number of amides is 1. The van der Waals surface area contributed by atoms with Gasteiger partial charge in [0, 0.05) is 24.3 Å². The Bertz CT molecular complexity index is 778. The Kier molecular flexibility index (Phi) is 5.36. The summed E-state index contributed by atoms with van der Waals surface area (Å²) in [5.74, 6) is -0.0407. The topological polar surface area (TPSA) is 66.8 Å². The van der Waals surface area contributed by atoms with Gasteiger partial charge >= 0.3 is 0 Å².